The van der Waals surface area contributed by atoms with Crippen molar-refractivity contribution in [1.29, 1.82) is 0 Å². The van der Waals surface area contributed by atoms with Gasteiger partial charge < -0.3 is 25.2 Å². The predicted molar refractivity (Wildman–Crippen MR) is 39.0 cm³/mol. The van der Waals surface area contributed by atoms with Gasteiger partial charge in [0.1, 0.15) is 6.10 Å². The molecule has 0 spiro atoms. The number of hydrogen-bond donors (Lipinski definition) is 4. The summed E-state index contributed by atoms with van der Waals surface area (Å²) >= 11 is 0. The van der Waals surface area contributed by atoms with E-state index in [9.17, 15) is 15.3 Å². The molecule has 0 aliphatic carbocycles. The summed E-state index contributed by atoms with van der Waals surface area (Å²) in [5, 5.41) is 37.0. The first-order chi connectivity index (χ1) is 5.44. The average Bonchev–Trinajstić information content (AvgIpc) is 2.16. The lowest BCUT2D eigenvalue weighted by atomic mass is 9.99. The van der Waals surface area contributed by atoms with Crippen molar-refractivity contribution >= 4 is 0 Å². The van der Waals surface area contributed by atoms with Gasteiger partial charge in [-0.25, -0.2) is 0 Å². The first kappa shape index (κ1) is 9.88. The van der Waals surface area contributed by atoms with Gasteiger partial charge in [-0.05, 0) is 0 Å². The molecule has 2 unspecified atom stereocenters. The minimum Gasteiger partial charge on any atom is -0.385 e. The molecule has 1 rings (SSSR count). The maximum absolute atomic E-state index is 9.51. The van der Waals surface area contributed by atoms with Crippen LogP contribution in [0.5, 0.6) is 0 Å². The maximum Gasteiger partial charge on any atom is 0.247 e. The van der Waals surface area contributed by atoms with Crippen molar-refractivity contribution in [2.75, 3.05) is 6.61 Å². The summed E-state index contributed by atoms with van der Waals surface area (Å²) in [5.41, 5.74) is 0. The summed E-state index contributed by atoms with van der Waals surface area (Å²) in [6.45, 7) is 1.51. The fourth-order valence-electron chi connectivity index (χ4n) is 1.29. The second-order valence-corrected chi connectivity index (χ2v) is 3.09. The Morgan fingerprint density at radius 3 is 2.33 bits per heavy atom. The van der Waals surface area contributed by atoms with Crippen molar-refractivity contribution in [1.82, 2.24) is 0 Å². The Morgan fingerprint density at radius 1 is 1.42 bits per heavy atom. The SMILES string of the molecule is CCCC1(O)OCC(O)C1(O)O. The minimum atomic E-state index is -2.55. The van der Waals surface area contributed by atoms with Gasteiger partial charge in [0.25, 0.3) is 0 Å². The maximum atomic E-state index is 9.51. The Morgan fingerprint density at radius 2 is 2.00 bits per heavy atom. The molecule has 1 aliphatic rings. The van der Waals surface area contributed by atoms with E-state index in [0.29, 0.717) is 6.42 Å². The molecular weight excluding hydrogens is 164 g/mol. The summed E-state index contributed by atoms with van der Waals surface area (Å²) in [6.07, 6.45) is -0.836. The molecule has 2 atom stereocenters. The van der Waals surface area contributed by atoms with Gasteiger partial charge in [-0.1, -0.05) is 13.3 Å². The fourth-order valence-corrected chi connectivity index (χ4v) is 1.29. The van der Waals surface area contributed by atoms with E-state index in [-0.39, 0.29) is 13.0 Å². The Labute approximate surface area is 70.2 Å². The molecule has 5 heteroatoms. The van der Waals surface area contributed by atoms with Gasteiger partial charge in [0.2, 0.25) is 11.6 Å². The van der Waals surface area contributed by atoms with Crippen molar-refractivity contribution in [2.24, 2.45) is 0 Å². The molecule has 1 aliphatic heterocycles. The Kier molecular flexibility index (Phi) is 2.42. The van der Waals surface area contributed by atoms with Crippen LogP contribution in [0.25, 0.3) is 0 Å². The third kappa shape index (κ3) is 1.23. The van der Waals surface area contributed by atoms with E-state index in [0.717, 1.165) is 0 Å². The van der Waals surface area contributed by atoms with Crippen LogP contribution in [-0.4, -0.2) is 44.7 Å². The molecule has 4 N–H and O–H groups in total. The van der Waals surface area contributed by atoms with Crippen molar-refractivity contribution in [3.8, 4) is 0 Å². The number of ether oxygens (including phenoxy) is 1. The van der Waals surface area contributed by atoms with Gasteiger partial charge >= 0.3 is 0 Å². The summed E-state index contributed by atoms with van der Waals surface area (Å²) in [4.78, 5) is 0. The van der Waals surface area contributed by atoms with E-state index in [1.54, 1.807) is 6.92 Å². The minimum absolute atomic E-state index is 0.0804. The number of rotatable bonds is 2. The molecule has 0 saturated carbocycles. The zero-order chi connectivity index (χ0) is 9.41. The standard InChI is InChI=1S/C7H14O5/c1-2-3-6(9)7(10,11)5(8)4-12-6/h5,8-11H,2-4H2,1H3. The lowest BCUT2D eigenvalue weighted by Gasteiger charge is -2.32. The van der Waals surface area contributed by atoms with E-state index < -0.39 is 17.7 Å². The Bertz CT molecular complexity index is 165. The second kappa shape index (κ2) is 2.93. The van der Waals surface area contributed by atoms with Crippen molar-refractivity contribution in [3.05, 3.63) is 0 Å². The number of hydrogen-bond acceptors (Lipinski definition) is 5. The quantitative estimate of drug-likeness (QED) is 0.388. The summed E-state index contributed by atoms with van der Waals surface area (Å²) in [6, 6.07) is 0. The second-order valence-electron chi connectivity index (χ2n) is 3.09. The van der Waals surface area contributed by atoms with Crippen LogP contribution in [0.3, 0.4) is 0 Å². The summed E-state index contributed by atoms with van der Waals surface area (Å²) in [5.74, 6) is -4.58. The Hall–Kier alpha value is -0.200. The van der Waals surface area contributed by atoms with Crippen LogP contribution in [0.4, 0.5) is 0 Å². The fraction of sp³-hybridized carbons (Fsp3) is 1.00. The molecule has 0 aromatic rings. The normalized spacial score (nSPS) is 40.2. The molecular formula is C7H14O5. The molecule has 0 bridgehead atoms. The summed E-state index contributed by atoms with van der Waals surface area (Å²) in [7, 11) is 0. The van der Waals surface area contributed by atoms with Crippen LogP contribution < -0.4 is 0 Å². The first-order valence-electron chi connectivity index (χ1n) is 3.93. The lowest BCUT2D eigenvalue weighted by molar-refractivity contribution is -0.345. The van der Waals surface area contributed by atoms with Gasteiger partial charge in [-0.15, -0.1) is 0 Å². The highest BCUT2D eigenvalue weighted by Gasteiger charge is 2.59. The highest BCUT2D eigenvalue weighted by Crippen LogP contribution is 2.35. The van der Waals surface area contributed by atoms with Crippen LogP contribution in [0.1, 0.15) is 19.8 Å². The van der Waals surface area contributed by atoms with E-state index in [2.05, 4.69) is 0 Å². The monoisotopic (exact) mass is 178 g/mol. The third-order valence-electron chi connectivity index (χ3n) is 2.11. The van der Waals surface area contributed by atoms with Crippen LogP contribution in [0, 0.1) is 0 Å². The van der Waals surface area contributed by atoms with E-state index in [1.165, 1.54) is 0 Å². The zero-order valence-corrected chi connectivity index (χ0v) is 6.90. The number of aliphatic hydroxyl groups excluding tert-OH is 1. The predicted octanol–water partition coefficient (Wildman–Crippen LogP) is -1.45. The smallest absolute Gasteiger partial charge is 0.247 e. The average molecular weight is 178 g/mol. The molecule has 0 aromatic heterocycles. The first-order valence-corrected chi connectivity index (χ1v) is 3.93. The Balaban J connectivity index is 2.78. The van der Waals surface area contributed by atoms with E-state index >= 15 is 0 Å². The molecule has 0 radical (unpaired) electrons. The van der Waals surface area contributed by atoms with Crippen molar-refractivity contribution < 1.29 is 25.2 Å². The van der Waals surface area contributed by atoms with Gasteiger partial charge in [0, 0.05) is 6.42 Å². The topological polar surface area (TPSA) is 90.2 Å². The molecule has 0 aromatic carbocycles. The number of aliphatic hydroxyl groups is 4. The molecule has 1 fully saturated rings. The highest BCUT2D eigenvalue weighted by molar-refractivity contribution is 4.95. The molecule has 1 saturated heterocycles. The van der Waals surface area contributed by atoms with Crippen LogP contribution in [0.2, 0.25) is 0 Å². The lowest BCUT2D eigenvalue weighted by Crippen LogP contribution is -2.56. The molecule has 12 heavy (non-hydrogen) atoms. The van der Waals surface area contributed by atoms with Crippen LogP contribution in [-0.2, 0) is 4.74 Å². The van der Waals surface area contributed by atoms with Gasteiger partial charge in [0.05, 0.1) is 6.61 Å². The zero-order valence-electron chi connectivity index (χ0n) is 6.90. The molecule has 72 valence electrons. The molecule has 5 nitrogen and oxygen atoms in total. The van der Waals surface area contributed by atoms with E-state index in [4.69, 9.17) is 9.84 Å². The van der Waals surface area contributed by atoms with Gasteiger partial charge in [-0.3, -0.25) is 0 Å². The van der Waals surface area contributed by atoms with Crippen LogP contribution in [0.15, 0.2) is 0 Å². The van der Waals surface area contributed by atoms with E-state index in [1.807, 2.05) is 0 Å². The highest BCUT2D eigenvalue weighted by atomic mass is 16.7. The summed E-state index contributed by atoms with van der Waals surface area (Å²) < 4.78 is 4.71. The largest absolute Gasteiger partial charge is 0.385 e. The molecule has 0 amide bonds. The third-order valence-corrected chi connectivity index (χ3v) is 2.11. The van der Waals surface area contributed by atoms with Crippen molar-refractivity contribution in [3.63, 3.8) is 0 Å². The molecule has 1 heterocycles. The van der Waals surface area contributed by atoms with Gasteiger partial charge in [-0.2, -0.15) is 0 Å². The van der Waals surface area contributed by atoms with Gasteiger partial charge in [0.15, 0.2) is 0 Å². The van der Waals surface area contributed by atoms with Crippen molar-refractivity contribution in [2.45, 2.75) is 37.4 Å². The van der Waals surface area contributed by atoms with Crippen LogP contribution >= 0.6 is 0 Å².